The SMILES string of the molecule is O=C(NCC1CCCC1)Nc1cc(C(=O)O)ccc1Cl. The van der Waals surface area contributed by atoms with Gasteiger partial charge in [0.1, 0.15) is 0 Å². The summed E-state index contributed by atoms with van der Waals surface area (Å²) in [5.41, 5.74) is 0.385. The molecular formula is C14H17ClN2O3. The molecule has 0 saturated heterocycles. The van der Waals surface area contributed by atoms with E-state index in [4.69, 9.17) is 16.7 Å². The predicted octanol–water partition coefficient (Wildman–Crippen LogP) is 3.35. The van der Waals surface area contributed by atoms with E-state index in [0.717, 1.165) is 12.8 Å². The van der Waals surface area contributed by atoms with Crippen LogP contribution in [0, 0.1) is 5.92 Å². The molecule has 0 bridgehead atoms. The van der Waals surface area contributed by atoms with E-state index in [-0.39, 0.29) is 11.6 Å². The fraction of sp³-hybridized carbons (Fsp3) is 0.429. The van der Waals surface area contributed by atoms with E-state index in [1.54, 1.807) is 0 Å². The second-order valence-electron chi connectivity index (χ2n) is 4.99. The summed E-state index contributed by atoms with van der Waals surface area (Å²) < 4.78 is 0. The van der Waals surface area contributed by atoms with Crippen molar-refractivity contribution in [1.29, 1.82) is 0 Å². The molecule has 20 heavy (non-hydrogen) atoms. The average molecular weight is 297 g/mol. The Bertz CT molecular complexity index is 513. The topological polar surface area (TPSA) is 78.4 Å². The average Bonchev–Trinajstić information content (AvgIpc) is 2.92. The van der Waals surface area contributed by atoms with Gasteiger partial charge < -0.3 is 15.7 Å². The van der Waals surface area contributed by atoms with E-state index in [1.165, 1.54) is 31.0 Å². The number of hydrogen-bond donors (Lipinski definition) is 3. The first-order valence-electron chi connectivity index (χ1n) is 6.64. The van der Waals surface area contributed by atoms with E-state index in [2.05, 4.69) is 10.6 Å². The summed E-state index contributed by atoms with van der Waals surface area (Å²) in [7, 11) is 0. The molecule has 1 aromatic rings. The standard InChI is InChI=1S/C14H17ClN2O3/c15-11-6-5-10(13(18)19)7-12(11)17-14(20)16-8-9-3-1-2-4-9/h5-7,9H,1-4,8H2,(H,18,19)(H2,16,17,20). The number of hydrogen-bond acceptors (Lipinski definition) is 2. The number of nitrogens with one attached hydrogen (secondary N) is 2. The molecule has 0 heterocycles. The number of carbonyl (C=O) groups excluding carboxylic acids is 1. The molecule has 5 nitrogen and oxygen atoms in total. The van der Waals surface area contributed by atoms with Crippen molar-refractivity contribution in [1.82, 2.24) is 5.32 Å². The van der Waals surface area contributed by atoms with E-state index in [0.29, 0.717) is 23.2 Å². The minimum atomic E-state index is -1.06. The van der Waals surface area contributed by atoms with Gasteiger partial charge in [0.15, 0.2) is 0 Å². The van der Waals surface area contributed by atoms with E-state index in [1.807, 2.05) is 0 Å². The Hall–Kier alpha value is -1.75. The number of rotatable bonds is 4. The van der Waals surface area contributed by atoms with Crippen LogP contribution in [0.1, 0.15) is 36.0 Å². The lowest BCUT2D eigenvalue weighted by atomic mass is 10.1. The van der Waals surface area contributed by atoms with Crippen molar-refractivity contribution in [3.05, 3.63) is 28.8 Å². The van der Waals surface area contributed by atoms with Crippen LogP contribution in [0.15, 0.2) is 18.2 Å². The molecule has 1 fully saturated rings. The van der Waals surface area contributed by atoms with Crippen LogP contribution in [0.4, 0.5) is 10.5 Å². The third kappa shape index (κ3) is 3.87. The van der Waals surface area contributed by atoms with Crippen molar-refractivity contribution in [3.8, 4) is 0 Å². The van der Waals surface area contributed by atoms with Gasteiger partial charge >= 0.3 is 12.0 Å². The molecule has 1 aliphatic rings. The summed E-state index contributed by atoms with van der Waals surface area (Å²) in [6.07, 6.45) is 4.74. The Morgan fingerprint density at radius 3 is 2.65 bits per heavy atom. The minimum absolute atomic E-state index is 0.0838. The number of benzene rings is 1. The van der Waals surface area contributed by atoms with E-state index < -0.39 is 5.97 Å². The smallest absolute Gasteiger partial charge is 0.335 e. The van der Waals surface area contributed by atoms with Crippen molar-refractivity contribution in [2.75, 3.05) is 11.9 Å². The molecule has 0 spiro atoms. The maximum absolute atomic E-state index is 11.8. The first-order valence-corrected chi connectivity index (χ1v) is 7.02. The number of amides is 2. The lowest BCUT2D eigenvalue weighted by molar-refractivity contribution is 0.0697. The molecule has 0 aromatic heterocycles. The van der Waals surface area contributed by atoms with Crippen LogP contribution in [-0.4, -0.2) is 23.7 Å². The van der Waals surface area contributed by atoms with Crippen molar-refractivity contribution in [2.24, 2.45) is 5.92 Å². The molecule has 108 valence electrons. The molecule has 6 heteroatoms. The highest BCUT2D eigenvalue weighted by Crippen LogP contribution is 2.24. The highest BCUT2D eigenvalue weighted by molar-refractivity contribution is 6.33. The quantitative estimate of drug-likeness (QED) is 0.797. The second-order valence-corrected chi connectivity index (χ2v) is 5.39. The molecule has 3 N–H and O–H groups in total. The Balaban J connectivity index is 1.92. The van der Waals surface area contributed by atoms with Crippen molar-refractivity contribution in [3.63, 3.8) is 0 Å². The molecule has 0 atom stereocenters. The van der Waals surface area contributed by atoms with Crippen LogP contribution >= 0.6 is 11.6 Å². The summed E-state index contributed by atoms with van der Waals surface area (Å²) in [4.78, 5) is 22.7. The third-order valence-corrected chi connectivity index (χ3v) is 3.82. The highest BCUT2D eigenvalue weighted by atomic mass is 35.5. The van der Waals surface area contributed by atoms with Gasteiger partial charge in [-0.25, -0.2) is 9.59 Å². The predicted molar refractivity (Wildman–Crippen MR) is 77.4 cm³/mol. The molecule has 1 aromatic carbocycles. The molecule has 2 rings (SSSR count). The lowest BCUT2D eigenvalue weighted by Crippen LogP contribution is -2.32. The van der Waals surface area contributed by atoms with Gasteiger partial charge in [0.05, 0.1) is 16.3 Å². The zero-order valence-corrected chi connectivity index (χ0v) is 11.7. The van der Waals surface area contributed by atoms with Crippen LogP contribution in [0.25, 0.3) is 0 Å². The van der Waals surface area contributed by atoms with Crippen molar-refractivity contribution >= 4 is 29.3 Å². The van der Waals surface area contributed by atoms with Gasteiger partial charge in [-0.15, -0.1) is 0 Å². The van der Waals surface area contributed by atoms with Crippen LogP contribution in [-0.2, 0) is 0 Å². The van der Waals surface area contributed by atoms with Gasteiger partial charge in [-0.1, -0.05) is 24.4 Å². The summed E-state index contributed by atoms with van der Waals surface area (Å²) in [6.45, 7) is 0.641. The lowest BCUT2D eigenvalue weighted by Gasteiger charge is -2.12. The van der Waals surface area contributed by atoms with Crippen LogP contribution in [0.5, 0.6) is 0 Å². The van der Waals surface area contributed by atoms with E-state index >= 15 is 0 Å². The fourth-order valence-electron chi connectivity index (χ4n) is 2.37. The Morgan fingerprint density at radius 1 is 1.30 bits per heavy atom. The molecule has 0 radical (unpaired) electrons. The van der Waals surface area contributed by atoms with Gasteiger partial charge in [0.2, 0.25) is 0 Å². The van der Waals surface area contributed by atoms with Gasteiger partial charge in [-0.2, -0.15) is 0 Å². The van der Waals surface area contributed by atoms with Gasteiger partial charge in [-0.3, -0.25) is 0 Å². The summed E-state index contributed by atoms with van der Waals surface area (Å²) in [6, 6.07) is 3.84. The Kier molecular flexibility index (Phi) is 4.84. The Morgan fingerprint density at radius 2 is 2.00 bits per heavy atom. The first-order chi connectivity index (χ1) is 9.56. The summed E-state index contributed by atoms with van der Waals surface area (Å²) in [5.74, 6) is -0.516. The van der Waals surface area contributed by atoms with Crippen LogP contribution < -0.4 is 10.6 Å². The maximum Gasteiger partial charge on any atom is 0.335 e. The van der Waals surface area contributed by atoms with Crippen molar-refractivity contribution < 1.29 is 14.7 Å². The number of anilines is 1. The zero-order valence-electron chi connectivity index (χ0n) is 11.0. The van der Waals surface area contributed by atoms with Gasteiger partial charge in [0, 0.05) is 6.54 Å². The zero-order chi connectivity index (χ0) is 14.5. The normalized spacial score (nSPS) is 15.1. The number of urea groups is 1. The third-order valence-electron chi connectivity index (χ3n) is 3.49. The Labute approximate surface area is 122 Å². The molecule has 1 aliphatic carbocycles. The van der Waals surface area contributed by atoms with E-state index in [9.17, 15) is 9.59 Å². The first kappa shape index (κ1) is 14.7. The summed E-state index contributed by atoms with van der Waals surface area (Å²) in [5, 5.41) is 14.6. The second kappa shape index (κ2) is 6.61. The van der Waals surface area contributed by atoms with Crippen LogP contribution in [0.3, 0.4) is 0 Å². The maximum atomic E-state index is 11.8. The number of carboxylic acids is 1. The number of aromatic carboxylic acids is 1. The fourth-order valence-corrected chi connectivity index (χ4v) is 2.54. The monoisotopic (exact) mass is 296 g/mol. The molecule has 0 unspecified atom stereocenters. The molecular weight excluding hydrogens is 280 g/mol. The van der Waals surface area contributed by atoms with Gasteiger partial charge in [0.25, 0.3) is 0 Å². The largest absolute Gasteiger partial charge is 0.478 e. The van der Waals surface area contributed by atoms with Gasteiger partial charge in [-0.05, 0) is 37.0 Å². The number of halogens is 1. The summed E-state index contributed by atoms with van der Waals surface area (Å²) >= 11 is 5.94. The highest BCUT2D eigenvalue weighted by Gasteiger charge is 2.16. The molecule has 2 amide bonds. The minimum Gasteiger partial charge on any atom is -0.478 e. The van der Waals surface area contributed by atoms with Crippen molar-refractivity contribution in [2.45, 2.75) is 25.7 Å². The molecule has 0 aliphatic heterocycles. The number of carbonyl (C=O) groups is 2. The number of carboxylic acid groups (broad SMARTS) is 1. The van der Waals surface area contributed by atoms with Crippen LogP contribution in [0.2, 0.25) is 5.02 Å². The molecule has 1 saturated carbocycles.